The molecule has 0 bridgehead atoms. The molecule has 1 aliphatic rings. The summed E-state index contributed by atoms with van der Waals surface area (Å²) in [7, 11) is 0. The fourth-order valence-electron chi connectivity index (χ4n) is 3.89. The molecule has 6 nitrogen and oxygen atoms in total. The van der Waals surface area contributed by atoms with E-state index in [1.807, 2.05) is 60.7 Å². The maximum absolute atomic E-state index is 13.2. The van der Waals surface area contributed by atoms with Crippen LogP contribution in [0, 0.1) is 0 Å². The van der Waals surface area contributed by atoms with E-state index in [1.54, 1.807) is 31.2 Å². The number of imide groups is 1. The largest absolute Gasteiger partial charge is 0.344 e. The number of amides is 4. The van der Waals surface area contributed by atoms with Gasteiger partial charge in [-0.05, 0) is 24.1 Å². The number of rotatable bonds is 6. The molecule has 0 aliphatic carbocycles. The Balaban J connectivity index is 1.55. The van der Waals surface area contributed by atoms with E-state index >= 15 is 0 Å². The third-order valence-corrected chi connectivity index (χ3v) is 5.89. The van der Waals surface area contributed by atoms with Gasteiger partial charge in [-0.3, -0.25) is 14.5 Å². The monoisotopic (exact) mass is 447 g/mol. The van der Waals surface area contributed by atoms with Crippen LogP contribution in [0.15, 0.2) is 84.9 Å². The van der Waals surface area contributed by atoms with Crippen LogP contribution < -0.4 is 10.6 Å². The van der Waals surface area contributed by atoms with Crippen molar-refractivity contribution in [3.8, 4) is 0 Å². The van der Waals surface area contributed by atoms with Crippen molar-refractivity contribution < 1.29 is 14.4 Å². The minimum atomic E-state index is -1.34. The van der Waals surface area contributed by atoms with Gasteiger partial charge in [-0.15, -0.1) is 0 Å². The SMILES string of the molecule is C[C@]1(c2ccccc2Cl)NC(=O)N(CC(=O)NC(c2ccccc2)c2ccccc2)C1=O. The first-order chi connectivity index (χ1) is 15.4. The maximum Gasteiger partial charge on any atom is 0.325 e. The van der Waals surface area contributed by atoms with E-state index in [2.05, 4.69) is 10.6 Å². The van der Waals surface area contributed by atoms with Gasteiger partial charge in [-0.25, -0.2) is 4.79 Å². The molecule has 1 fully saturated rings. The molecule has 3 aromatic rings. The molecule has 0 radical (unpaired) electrons. The number of benzene rings is 3. The van der Waals surface area contributed by atoms with Crippen molar-refractivity contribution in [1.82, 2.24) is 15.5 Å². The summed E-state index contributed by atoms with van der Waals surface area (Å²) >= 11 is 6.26. The molecule has 0 aromatic heterocycles. The Labute approximate surface area is 191 Å². The number of halogens is 1. The van der Waals surface area contributed by atoms with Gasteiger partial charge >= 0.3 is 6.03 Å². The molecule has 4 amide bonds. The van der Waals surface area contributed by atoms with E-state index in [-0.39, 0.29) is 0 Å². The van der Waals surface area contributed by atoms with E-state index in [1.165, 1.54) is 0 Å². The first-order valence-electron chi connectivity index (χ1n) is 10.2. The molecule has 0 unspecified atom stereocenters. The zero-order chi connectivity index (χ0) is 22.7. The first kappa shape index (κ1) is 21.6. The van der Waals surface area contributed by atoms with Crippen molar-refractivity contribution >= 4 is 29.4 Å². The summed E-state index contributed by atoms with van der Waals surface area (Å²) in [6.07, 6.45) is 0. The number of nitrogens with one attached hydrogen (secondary N) is 2. The van der Waals surface area contributed by atoms with Crippen LogP contribution in [-0.4, -0.2) is 29.3 Å². The smallest absolute Gasteiger partial charge is 0.325 e. The van der Waals surface area contributed by atoms with E-state index in [4.69, 9.17) is 11.6 Å². The lowest BCUT2D eigenvalue weighted by molar-refractivity contribution is -0.135. The highest BCUT2D eigenvalue weighted by Crippen LogP contribution is 2.33. The second kappa shape index (κ2) is 8.85. The van der Waals surface area contributed by atoms with E-state index < -0.39 is 36.0 Å². The van der Waals surface area contributed by atoms with Crippen molar-refractivity contribution in [1.29, 1.82) is 0 Å². The fraction of sp³-hybridized carbons (Fsp3) is 0.160. The van der Waals surface area contributed by atoms with Crippen LogP contribution in [-0.2, 0) is 15.1 Å². The van der Waals surface area contributed by atoms with Crippen LogP contribution in [0.1, 0.15) is 29.7 Å². The van der Waals surface area contributed by atoms with Gasteiger partial charge in [0, 0.05) is 10.6 Å². The summed E-state index contributed by atoms with van der Waals surface area (Å²) in [6, 6.07) is 24.8. The third-order valence-electron chi connectivity index (χ3n) is 5.56. The third kappa shape index (κ3) is 4.09. The van der Waals surface area contributed by atoms with Gasteiger partial charge in [0.1, 0.15) is 12.1 Å². The van der Waals surface area contributed by atoms with Gasteiger partial charge in [-0.2, -0.15) is 0 Å². The van der Waals surface area contributed by atoms with Crippen LogP contribution in [0.4, 0.5) is 4.79 Å². The highest BCUT2D eigenvalue weighted by molar-refractivity contribution is 6.32. The van der Waals surface area contributed by atoms with Crippen LogP contribution in [0.3, 0.4) is 0 Å². The lowest BCUT2D eigenvalue weighted by Crippen LogP contribution is -2.44. The van der Waals surface area contributed by atoms with Crippen LogP contribution in [0.25, 0.3) is 0 Å². The van der Waals surface area contributed by atoms with Crippen LogP contribution >= 0.6 is 11.6 Å². The van der Waals surface area contributed by atoms with Gasteiger partial charge < -0.3 is 10.6 Å². The molecule has 1 aliphatic heterocycles. The number of hydrogen-bond acceptors (Lipinski definition) is 3. The van der Waals surface area contributed by atoms with Gasteiger partial charge in [0.05, 0.1) is 6.04 Å². The summed E-state index contributed by atoms with van der Waals surface area (Å²) in [5.74, 6) is -0.976. The van der Waals surface area contributed by atoms with Gasteiger partial charge in [0.15, 0.2) is 0 Å². The van der Waals surface area contributed by atoms with Gasteiger partial charge in [0.2, 0.25) is 5.91 Å². The second-order valence-electron chi connectivity index (χ2n) is 7.75. The molecular weight excluding hydrogens is 426 g/mol. The molecule has 1 atom stereocenters. The van der Waals surface area contributed by atoms with E-state index in [0.29, 0.717) is 10.6 Å². The van der Waals surface area contributed by atoms with Crippen molar-refractivity contribution in [2.24, 2.45) is 0 Å². The molecule has 1 saturated heterocycles. The highest BCUT2D eigenvalue weighted by Gasteiger charge is 2.50. The molecule has 3 aromatic carbocycles. The molecule has 162 valence electrons. The summed E-state index contributed by atoms with van der Waals surface area (Å²) in [6.45, 7) is 1.18. The van der Waals surface area contributed by atoms with Crippen molar-refractivity contribution in [3.05, 3.63) is 107 Å². The highest BCUT2D eigenvalue weighted by atomic mass is 35.5. The topological polar surface area (TPSA) is 78.5 Å². The summed E-state index contributed by atoms with van der Waals surface area (Å²) in [5.41, 5.74) is 0.929. The number of carbonyl (C=O) groups is 3. The molecule has 7 heteroatoms. The molecular formula is C25H22ClN3O3. The Morgan fingerprint density at radius 2 is 1.47 bits per heavy atom. The first-order valence-corrected chi connectivity index (χ1v) is 10.6. The molecule has 32 heavy (non-hydrogen) atoms. The Morgan fingerprint density at radius 3 is 2.03 bits per heavy atom. The van der Waals surface area contributed by atoms with Crippen molar-refractivity contribution in [2.75, 3.05) is 6.54 Å². The van der Waals surface area contributed by atoms with E-state index in [0.717, 1.165) is 16.0 Å². The summed E-state index contributed by atoms with van der Waals surface area (Å²) < 4.78 is 0. The second-order valence-corrected chi connectivity index (χ2v) is 8.16. The standard InChI is InChI=1S/C25H22ClN3O3/c1-25(19-14-8-9-15-20(19)26)23(31)29(24(32)28-25)16-21(30)27-22(17-10-4-2-5-11-17)18-12-6-3-7-13-18/h2-15,22H,16H2,1H3,(H,27,30)(H,28,32)/t25-/m1/s1. The lowest BCUT2D eigenvalue weighted by Gasteiger charge is -2.24. The predicted molar refractivity (Wildman–Crippen MR) is 122 cm³/mol. The average molecular weight is 448 g/mol. The Bertz CT molecular complexity index is 1110. The number of carbonyl (C=O) groups excluding carboxylic acids is 3. The maximum atomic E-state index is 13.2. The predicted octanol–water partition coefficient (Wildman–Crippen LogP) is 4.01. The fourth-order valence-corrected chi connectivity index (χ4v) is 4.21. The number of urea groups is 1. The lowest BCUT2D eigenvalue weighted by atomic mass is 9.92. The quantitative estimate of drug-likeness (QED) is 0.560. The van der Waals surface area contributed by atoms with Gasteiger partial charge in [-0.1, -0.05) is 90.5 Å². The Hall–Kier alpha value is -3.64. The molecule has 0 saturated carbocycles. The van der Waals surface area contributed by atoms with Gasteiger partial charge in [0.25, 0.3) is 5.91 Å². The number of nitrogens with zero attached hydrogens (tertiary/aromatic N) is 1. The minimum absolute atomic E-state index is 0.364. The molecule has 1 heterocycles. The van der Waals surface area contributed by atoms with Crippen molar-refractivity contribution in [3.63, 3.8) is 0 Å². The van der Waals surface area contributed by atoms with Crippen LogP contribution in [0.2, 0.25) is 5.02 Å². The minimum Gasteiger partial charge on any atom is -0.344 e. The normalized spacial score (nSPS) is 18.0. The van der Waals surface area contributed by atoms with Crippen molar-refractivity contribution in [2.45, 2.75) is 18.5 Å². The zero-order valence-corrected chi connectivity index (χ0v) is 18.2. The average Bonchev–Trinajstić information content (AvgIpc) is 3.02. The molecule has 4 rings (SSSR count). The number of hydrogen-bond donors (Lipinski definition) is 2. The van der Waals surface area contributed by atoms with Crippen LogP contribution in [0.5, 0.6) is 0 Å². The van der Waals surface area contributed by atoms with E-state index in [9.17, 15) is 14.4 Å². The Kier molecular flexibility index (Phi) is 5.97. The summed E-state index contributed by atoms with van der Waals surface area (Å²) in [4.78, 5) is 39.6. The Morgan fingerprint density at radius 1 is 0.938 bits per heavy atom. The molecule has 0 spiro atoms. The zero-order valence-electron chi connectivity index (χ0n) is 17.4. The summed E-state index contributed by atoms with van der Waals surface area (Å²) in [5, 5.41) is 6.00. The molecule has 2 N–H and O–H groups in total.